The van der Waals surface area contributed by atoms with Crippen LogP contribution in [0.3, 0.4) is 0 Å². The predicted molar refractivity (Wildman–Crippen MR) is 158 cm³/mol. The first-order valence-corrected chi connectivity index (χ1v) is 14.3. The maximum Gasteiger partial charge on any atom is 0.316 e. The van der Waals surface area contributed by atoms with E-state index in [2.05, 4.69) is 39.5 Å². The number of halogens is 1. The Morgan fingerprint density at radius 2 is 1.93 bits per heavy atom. The highest BCUT2D eigenvalue weighted by Crippen LogP contribution is 2.32. The molecule has 2 saturated heterocycles. The molecule has 4 heterocycles. The molecule has 0 aliphatic carbocycles. The zero-order valence-electron chi connectivity index (χ0n) is 24.2. The van der Waals surface area contributed by atoms with Crippen molar-refractivity contribution in [3.05, 3.63) is 48.0 Å². The van der Waals surface area contributed by atoms with Crippen molar-refractivity contribution in [2.24, 2.45) is 13.0 Å². The second-order valence-corrected chi connectivity index (χ2v) is 11.5. The van der Waals surface area contributed by atoms with Crippen LogP contribution in [0, 0.1) is 11.7 Å². The number of carbonyl (C=O) groups is 2. The molecule has 2 fully saturated rings. The average molecular weight is 575 g/mol. The van der Waals surface area contributed by atoms with Crippen molar-refractivity contribution in [1.82, 2.24) is 30.0 Å². The number of anilines is 2. The minimum Gasteiger partial charge on any atom is -0.463 e. The first kappa shape index (κ1) is 27.8. The van der Waals surface area contributed by atoms with Gasteiger partial charge in [0, 0.05) is 92.7 Å². The number of piperazine rings is 1. The summed E-state index contributed by atoms with van der Waals surface area (Å²) in [7, 11) is 1.72. The smallest absolute Gasteiger partial charge is 0.316 e. The molecule has 2 aromatic carbocycles. The Kier molecular flexibility index (Phi) is 7.40. The lowest BCUT2D eigenvalue weighted by molar-refractivity contribution is -0.127. The van der Waals surface area contributed by atoms with E-state index >= 15 is 0 Å². The SMILES string of the molecule is CC(=O)N1CCC(COc2ncc3c(N4CC(C)NC(C)C4)ccc(C(=O)Nc4cc(F)c5nn(C)cc5c4)c3n2)C1. The summed E-state index contributed by atoms with van der Waals surface area (Å²) >= 11 is 0. The van der Waals surface area contributed by atoms with Crippen LogP contribution in [0.2, 0.25) is 0 Å². The van der Waals surface area contributed by atoms with Gasteiger partial charge in [0.2, 0.25) is 5.91 Å². The summed E-state index contributed by atoms with van der Waals surface area (Å²) in [5.41, 5.74) is 2.28. The van der Waals surface area contributed by atoms with Crippen molar-refractivity contribution in [2.45, 2.75) is 39.3 Å². The summed E-state index contributed by atoms with van der Waals surface area (Å²) in [5, 5.41) is 11.8. The van der Waals surface area contributed by atoms with Crippen LogP contribution in [0.5, 0.6) is 6.01 Å². The van der Waals surface area contributed by atoms with E-state index in [1.165, 1.54) is 10.7 Å². The van der Waals surface area contributed by atoms with Gasteiger partial charge in [-0.1, -0.05) is 0 Å². The van der Waals surface area contributed by atoms with E-state index in [1.54, 1.807) is 38.5 Å². The van der Waals surface area contributed by atoms with Crippen molar-refractivity contribution >= 4 is 45.0 Å². The topological polar surface area (TPSA) is 118 Å². The molecule has 0 bridgehead atoms. The molecule has 2 N–H and O–H groups in total. The van der Waals surface area contributed by atoms with Crippen molar-refractivity contribution in [2.75, 3.05) is 43.0 Å². The highest BCUT2D eigenvalue weighted by molar-refractivity contribution is 6.14. The molecule has 2 aliphatic heterocycles. The molecule has 2 amide bonds. The number of benzene rings is 2. The Morgan fingerprint density at radius 1 is 1.14 bits per heavy atom. The number of likely N-dealkylation sites (tertiary alicyclic amines) is 1. The standard InChI is InChI=1S/C30H35FN8O3/c1-17-12-39(13-18(2)33-17)26-6-5-23(29(41)34-22-9-21-15-37(4)36-27(21)25(31)10-22)28-24(26)11-32-30(35-28)42-16-20-7-8-38(14-20)19(3)40/h5-6,9-11,15,17-18,20,33H,7-8,12-14,16H2,1-4H3,(H,34,41). The summed E-state index contributed by atoms with van der Waals surface area (Å²) in [4.78, 5) is 38.7. The highest BCUT2D eigenvalue weighted by Gasteiger charge is 2.27. The van der Waals surface area contributed by atoms with E-state index in [1.807, 2.05) is 11.0 Å². The molecule has 220 valence electrons. The molecular formula is C30H35FN8O3. The van der Waals surface area contributed by atoms with Crippen molar-refractivity contribution in [3.8, 4) is 6.01 Å². The van der Waals surface area contributed by atoms with Crippen LogP contribution in [-0.4, -0.2) is 81.3 Å². The highest BCUT2D eigenvalue weighted by atomic mass is 19.1. The van der Waals surface area contributed by atoms with E-state index < -0.39 is 11.7 Å². The van der Waals surface area contributed by atoms with Crippen molar-refractivity contribution < 1.29 is 18.7 Å². The summed E-state index contributed by atoms with van der Waals surface area (Å²) < 4.78 is 22.2. The third-order valence-corrected chi connectivity index (χ3v) is 7.96. The fourth-order valence-corrected chi connectivity index (χ4v) is 6.07. The zero-order chi connectivity index (χ0) is 29.5. The Balaban J connectivity index is 1.32. The van der Waals surface area contributed by atoms with Crippen molar-refractivity contribution in [3.63, 3.8) is 0 Å². The Labute approximate surface area is 243 Å². The number of rotatable bonds is 6. The fraction of sp³-hybridized carbons (Fsp3) is 0.433. The number of aromatic nitrogens is 4. The van der Waals surface area contributed by atoms with E-state index in [0.29, 0.717) is 41.9 Å². The third kappa shape index (κ3) is 5.58. The van der Waals surface area contributed by atoms with E-state index in [9.17, 15) is 14.0 Å². The quantitative estimate of drug-likeness (QED) is 0.360. The number of aryl methyl sites for hydroxylation is 1. The molecular weight excluding hydrogens is 539 g/mol. The second-order valence-electron chi connectivity index (χ2n) is 11.5. The number of hydrogen-bond acceptors (Lipinski definition) is 8. The van der Waals surface area contributed by atoms with Crippen LogP contribution in [0.4, 0.5) is 15.8 Å². The zero-order valence-corrected chi connectivity index (χ0v) is 24.2. The van der Waals surface area contributed by atoms with Gasteiger partial charge in [-0.3, -0.25) is 14.3 Å². The lowest BCUT2D eigenvalue weighted by Crippen LogP contribution is -2.54. The van der Waals surface area contributed by atoms with Crippen LogP contribution < -0.4 is 20.3 Å². The van der Waals surface area contributed by atoms with Gasteiger partial charge in [0.25, 0.3) is 5.91 Å². The maximum absolute atomic E-state index is 14.7. The van der Waals surface area contributed by atoms with E-state index in [4.69, 9.17) is 9.72 Å². The Morgan fingerprint density at radius 3 is 2.67 bits per heavy atom. The molecule has 0 saturated carbocycles. The van der Waals surface area contributed by atoms with E-state index in [0.717, 1.165) is 30.6 Å². The molecule has 3 unspecified atom stereocenters. The molecule has 2 aliphatic rings. The van der Waals surface area contributed by atoms with Gasteiger partial charge in [-0.25, -0.2) is 9.37 Å². The van der Waals surface area contributed by atoms with Gasteiger partial charge in [-0.2, -0.15) is 10.1 Å². The van der Waals surface area contributed by atoms with Gasteiger partial charge in [-0.05, 0) is 44.5 Å². The summed E-state index contributed by atoms with van der Waals surface area (Å²) in [5.74, 6) is -0.697. The number of fused-ring (bicyclic) bond motifs is 2. The largest absolute Gasteiger partial charge is 0.463 e. The first-order valence-electron chi connectivity index (χ1n) is 14.3. The number of ether oxygens (including phenoxy) is 1. The van der Waals surface area contributed by atoms with Crippen LogP contribution in [-0.2, 0) is 11.8 Å². The van der Waals surface area contributed by atoms with Crippen LogP contribution in [0.25, 0.3) is 21.8 Å². The van der Waals surface area contributed by atoms with Gasteiger partial charge in [0.15, 0.2) is 5.82 Å². The van der Waals surface area contributed by atoms with Crippen LogP contribution in [0.1, 0.15) is 37.6 Å². The van der Waals surface area contributed by atoms with Gasteiger partial charge in [0.05, 0.1) is 17.7 Å². The van der Waals surface area contributed by atoms with Gasteiger partial charge in [0.1, 0.15) is 5.52 Å². The number of hydrogen-bond donors (Lipinski definition) is 2. The molecule has 3 atom stereocenters. The summed E-state index contributed by atoms with van der Waals surface area (Å²) in [6.45, 7) is 9.16. The summed E-state index contributed by atoms with van der Waals surface area (Å²) in [6.07, 6.45) is 4.26. The lowest BCUT2D eigenvalue weighted by atomic mass is 10.0. The fourth-order valence-electron chi connectivity index (χ4n) is 6.07. The minimum absolute atomic E-state index is 0.0572. The molecule has 42 heavy (non-hydrogen) atoms. The number of nitrogens with one attached hydrogen (secondary N) is 2. The molecule has 4 aromatic rings. The second kappa shape index (κ2) is 11.2. The number of amides is 2. The number of carbonyl (C=O) groups excluding carboxylic acids is 2. The Hall–Kier alpha value is -4.32. The normalized spacial score (nSPS) is 20.8. The first-order chi connectivity index (χ1) is 20.1. The Bertz CT molecular complexity index is 1660. The van der Waals surface area contributed by atoms with Crippen LogP contribution in [0.15, 0.2) is 36.7 Å². The van der Waals surface area contributed by atoms with Gasteiger partial charge >= 0.3 is 6.01 Å². The lowest BCUT2D eigenvalue weighted by Gasteiger charge is -2.38. The maximum atomic E-state index is 14.7. The minimum atomic E-state index is -0.515. The van der Waals surface area contributed by atoms with Crippen LogP contribution >= 0.6 is 0 Å². The number of nitrogens with zero attached hydrogens (tertiary/aromatic N) is 6. The molecule has 0 radical (unpaired) electrons. The molecule has 2 aromatic heterocycles. The monoisotopic (exact) mass is 574 g/mol. The molecule has 6 rings (SSSR count). The predicted octanol–water partition coefficient (Wildman–Crippen LogP) is 3.34. The molecule has 12 heteroatoms. The average Bonchev–Trinajstić information content (AvgIpc) is 3.57. The third-order valence-electron chi connectivity index (χ3n) is 7.96. The molecule has 11 nitrogen and oxygen atoms in total. The van der Waals surface area contributed by atoms with Gasteiger partial charge in [-0.15, -0.1) is 0 Å². The van der Waals surface area contributed by atoms with Gasteiger partial charge < -0.3 is 25.2 Å². The molecule has 0 spiro atoms. The van der Waals surface area contributed by atoms with E-state index in [-0.39, 0.29) is 35.4 Å². The van der Waals surface area contributed by atoms with Crippen molar-refractivity contribution in [1.29, 1.82) is 0 Å². The summed E-state index contributed by atoms with van der Waals surface area (Å²) in [6, 6.07) is 7.37.